The lowest BCUT2D eigenvalue weighted by atomic mass is 10.2. The molecule has 1 fully saturated rings. The van der Waals surface area contributed by atoms with Gasteiger partial charge in [-0.05, 0) is 25.5 Å². The molecule has 1 aliphatic rings. The first-order valence-corrected chi connectivity index (χ1v) is 5.15. The summed E-state index contributed by atoms with van der Waals surface area (Å²) < 4.78 is 0. The molecule has 0 bridgehead atoms. The molecule has 2 heterocycles. The van der Waals surface area contributed by atoms with Gasteiger partial charge >= 0.3 is 0 Å². The van der Waals surface area contributed by atoms with E-state index >= 15 is 0 Å². The Morgan fingerprint density at radius 2 is 2.24 bits per heavy atom. The SMILES string of the molecule is Cc1ncccc1C(=O)N1CC[C@@H](N)C1.Cl.Cl. The Hall–Kier alpha value is -0.840. The van der Waals surface area contributed by atoms with Gasteiger partial charge in [0, 0.05) is 31.0 Å². The maximum Gasteiger partial charge on any atom is 0.255 e. The Bertz CT molecular complexity index is 387. The van der Waals surface area contributed by atoms with Crippen LogP contribution in [0, 0.1) is 6.92 Å². The molecular weight excluding hydrogens is 261 g/mol. The number of aromatic nitrogens is 1. The van der Waals surface area contributed by atoms with Crippen molar-refractivity contribution in [2.45, 2.75) is 19.4 Å². The Morgan fingerprint density at radius 1 is 1.53 bits per heavy atom. The minimum atomic E-state index is 0. The number of hydrogen-bond acceptors (Lipinski definition) is 3. The van der Waals surface area contributed by atoms with Crippen molar-refractivity contribution < 1.29 is 4.79 Å². The first-order valence-electron chi connectivity index (χ1n) is 5.15. The first-order chi connectivity index (χ1) is 7.18. The Morgan fingerprint density at radius 3 is 2.76 bits per heavy atom. The van der Waals surface area contributed by atoms with E-state index < -0.39 is 0 Å². The Balaban J connectivity index is 0.00000128. The summed E-state index contributed by atoms with van der Waals surface area (Å²) in [6.45, 7) is 3.27. The third kappa shape index (κ3) is 3.56. The lowest BCUT2D eigenvalue weighted by Gasteiger charge is -2.16. The average Bonchev–Trinajstić information content (AvgIpc) is 2.65. The number of aryl methyl sites for hydroxylation is 1. The van der Waals surface area contributed by atoms with Crippen molar-refractivity contribution in [3.8, 4) is 0 Å². The molecule has 4 nitrogen and oxygen atoms in total. The second-order valence-electron chi connectivity index (χ2n) is 3.94. The van der Waals surface area contributed by atoms with Crippen LogP contribution in [-0.2, 0) is 0 Å². The van der Waals surface area contributed by atoms with Crippen LogP contribution >= 0.6 is 24.8 Å². The molecule has 17 heavy (non-hydrogen) atoms. The van der Waals surface area contributed by atoms with Crippen LogP contribution in [0.5, 0.6) is 0 Å². The van der Waals surface area contributed by atoms with Gasteiger partial charge in [-0.3, -0.25) is 9.78 Å². The van der Waals surface area contributed by atoms with Gasteiger partial charge in [0.05, 0.1) is 5.56 Å². The largest absolute Gasteiger partial charge is 0.337 e. The first kappa shape index (κ1) is 16.2. The van der Waals surface area contributed by atoms with E-state index in [-0.39, 0.29) is 36.8 Å². The van der Waals surface area contributed by atoms with Crippen LogP contribution in [0.25, 0.3) is 0 Å². The summed E-state index contributed by atoms with van der Waals surface area (Å²) in [5, 5.41) is 0. The van der Waals surface area contributed by atoms with Crippen LogP contribution in [0.2, 0.25) is 0 Å². The van der Waals surface area contributed by atoms with Crippen LogP contribution in [0.4, 0.5) is 0 Å². The van der Waals surface area contributed by atoms with Crippen molar-refractivity contribution in [3.63, 3.8) is 0 Å². The number of amides is 1. The van der Waals surface area contributed by atoms with Gasteiger partial charge in [0.2, 0.25) is 0 Å². The van der Waals surface area contributed by atoms with Crippen molar-refractivity contribution in [2.24, 2.45) is 5.73 Å². The van der Waals surface area contributed by atoms with Crippen LogP contribution in [-0.4, -0.2) is 34.9 Å². The minimum Gasteiger partial charge on any atom is -0.337 e. The number of nitrogens with two attached hydrogens (primary N) is 1. The van der Waals surface area contributed by atoms with Gasteiger partial charge in [-0.1, -0.05) is 0 Å². The van der Waals surface area contributed by atoms with Gasteiger partial charge in [-0.25, -0.2) is 0 Å². The summed E-state index contributed by atoms with van der Waals surface area (Å²) in [6.07, 6.45) is 2.59. The molecule has 0 radical (unpaired) electrons. The zero-order chi connectivity index (χ0) is 10.8. The van der Waals surface area contributed by atoms with E-state index in [1.54, 1.807) is 17.2 Å². The topological polar surface area (TPSA) is 59.2 Å². The predicted molar refractivity (Wildman–Crippen MR) is 72.0 cm³/mol. The number of pyridine rings is 1. The summed E-state index contributed by atoms with van der Waals surface area (Å²) in [7, 11) is 0. The lowest BCUT2D eigenvalue weighted by molar-refractivity contribution is 0.0789. The van der Waals surface area contributed by atoms with Gasteiger partial charge in [0.15, 0.2) is 0 Å². The summed E-state index contributed by atoms with van der Waals surface area (Å²) >= 11 is 0. The van der Waals surface area contributed by atoms with Crippen molar-refractivity contribution in [2.75, 3.05) is 13.1 Å². The highest BCUT2D eigenvalue weighted by Crippen LogP contribution is 2.13. The normalized spacial score (nSPS) is 18.2. The minimum absolute atomic E-state index is 0. The second kappa shape index (κ2) is 6.79. The van der Waals surface area contributed by atoms with E-state index in [0.717, 1.165) is 18.7 Å². The Labute approximate surface area is 113 Å². The molecule has 2 rings (SSSR count). The van der Waals surface area contributed by atoms with Crippen molar-refractivity contribution >= 4 is 30.7 Å². The van der Waals surface area contributed by atoms with Crippen molar-refractivity contribution in [3.05, 3.63) is 29.6 Å². The number of nitrogens with zero attached hydrogens (tertiary/aromatic N) is 2. The fourth-order valence-corrected chi connectivity index (χ4v) is 1.85. The molecule has 1 atom stereocenters. The predicted octanol–water partition coefficient (Wildman–Crippen LogP) is 1.41. The number of hydrogen-bond donors (Lipinski definition) is 1. The molecule has 1 aromatic heterocycles. The number of rotatable bonds is 1. The summed E-state index contributed by atoms with van der Waals surface area (Å²) in [6, 6.07) is 3.73. The smallest absolute Gasteiger partial charge is 0.255 e. The lowest BCUT2D eigenvalue weighted by Crippen LogP contribution is -2.32. The molecule has 0 saturated carbocycles. The molecule has 1 aromatic rings. The van der Waals surface area contributed by atoms with E-state index in [0.29, 0.717) is 12.1 Å². The fourth-order valence-electron chi connectivity index (χ4n) is 1.85. The fraction of sp³-hybridized carbons (Fsp3) is 0.455. The zero-order valence-electron chi connectivity index (χ0n) is 9.63. The third-order valence-electron chi connectivity index (χ3n) is 2.75. The monoisotopic (exact) mass is 277 g/mol. The third-order valence-corrected chi connectivity index (χ3v) is 2.75. The average molecular weight is 278 g/mol. The molecular formula is C11H17Cl2N3O. The highest BCUT2D eigenvalue weighted by atomic mass is 35.5. The van der Waals surface area contributed by atoms with Gasteiger partial charge in [0.1, 0.15) is 0 Å². The zero-order valence-corrected chi connectivity index (χ0v) is 11.3. The molecule has 1 aliphatic heterocycles. The highest BCUT2D eigenvalue weighted by Gasteiger charge is 2.25. The number of carbonyl (C=O) groups is 1. The molecule has 0 spiro atoms. The van der Waals surface area contributed by atoms with Crippen molar-refractivity contribution in [1.29, 1.82) is 0 Å². The van der Waals surface area contributed by atoms with E-state index in [1.165, 1.54) is 0 Å². The van der Waals surface area contributed by atoms with Gasteiger partial charge < -0.3 is 10.6 Å². The van der Waals surface area contributed by atoms with Gasteiger partial charge in [-0.15, -0.1) is 24.8 Å². The van der Waals surface area contributed by atoms with Crippen molar-refractivity contribution in [1.82, 2.24) is 9.88 Å². The van der Waals surface area contributed by atoms with Gasteiger partial charge in [-0.2, -0.15) is 0 Å². The van der Waals surface area contributed by atoms with Crippen LogP contribution < -0.4 is 5.73 Å². The van der Waals surface area contributed by atoms with Crippen LogP contribution in [0.1, 0.15) is 22.5 Å². The molecule has 96 valence electrons. The van der Waals surface area contributed by atoms with Crippen LogP contribution in [0.15, 0.2) is 18.3 Å². The molecule has 0 aliphatic carbocycles. The Kier molecular flexibility index (Phi) is 6.45. The maximum absolute atomic E-state index is 12.0. The van der Waals surface area contributed by atoms with E-state index in [1.807, 2.05) is 13.0 Å². The number of carbonyl (C=O) groups excluding carboxylic acids is 1. The summed E-state index contributed by atoms with van der Waals surface area (Å²) in [4.78, 5) is 18.0. The second-order valence-corrected chi connectivity index (χ2v) is 3.94. The molecule has 1 amide bonds. The van der Waals surface area contributed by atoms with Gasteiger partial charge in [0.25, 0.3) is 5.91 Å². The standard InChI is InChI=1S/C11H15N3O.2ClH/c1-8-10(3-2-5-13-8)11(15)14-6-4-9(12)7-14;;/h2-3,5,9H,4,6-7,12H2,1H3;2*1H/t9-;;/m1../s1. The summed E-state index contributed by atoms with van der Waals surface area (Å²) in [5.41, 5.74) is 7.24. The molecule has 0 aromatic carbocycles. The summed E-state index contributed by atoms with van der Waals surface area (Å²) in [5.74, 6) is 0.0496. The number of likely N-dealkylation sites (tertiary alicyclic amines) is 1. The van der Waals surface area contributed by atoms with Crippen LogP contribution in [0.3, 0.4) is 0 Å². The molecule has 0 unspecified atom stereocenters. The maximum atomic E-state index is 12.0. The van der Waals surface area contributed by atoms with E-state index in [4.69, 9.17) is 5.73 Å². The van der Waals surface area contributed by atoms with E-state index in [2.05, 4.69) is 4.98 Å². The molecule has 6 heteroatoms. The number of halogens is 2. The molecule has 1 saturated heterocycles. The van der Waals surface area contributed by atoms with E-state index in [9.17, 15) is 4.79 Å². The quantitative estimate of drug-likeness (QED) is 0.845. The highest BCUT2D eigenvalue weighted by molar-refractivity contribution is 5.95. The molecule has 2 N–H and O–H groups in total.